The van der Waals surface area contributed by atoms with Gasteiger partial charge in [0.25, 0.3) is 0 Å². The Kier molecular flexibility index (Phi) is 5.46. The third-order valence-corrected chi connectivity index (χ3v) is 4.54. The average Bonchev–Trinajstić information content (AvgIpc) is 2.54. The van der Waals surface area contributed by atoms with Crippen LogP contribution in [0.4, 0.5) is 0 Å². The molecule has 0 bridgehead atoms. The van der Waals surface area contributed by atoms with Gasteiger partial charge in [0.2, 0.25) is 0 Å². The molecule has 0 spiro atoms. The molecule has 0 radical (unpaired) electrons. The lowest BCUT2D eigenvalue weighted by Crippen LogP contribution is -2.46. The predicted octanol–water partition coefficient (Wildman–Crippen LogP) is 2.26. The molecule has 3 unspecified atom stereocenters. The molecule has 3 atom stereocenters. The summed E-state index contributed by atoms with van der Waals surface area (Å²) in [6, 6.07) is 1.32. The van der Waals surface area contributed by atoms with E-state index in [9.17, 15) is 0 Å². The van der Waals surface area contributed by atoms with E-state index >= 15 is 0 Å². The maximum absolute atomic E-state index is 5.90. The van der Waals surface area contributed by atoms with Gasteiger partial charge >= 0.3 is 0 Å². The Labute approximate surface area is 112 Å². The Morgan fingerprint density at radius 1 is 1.28 bits per heavy atom. The zero-order valence-corrected chi connectivity index (χ0v) is 12.3. The second-order valence-electron chi connectivity index (χ2n) is 6.38. The molecule has 2 saturated heterocycles. The number of hydrogen-bond donors (Lipinski definition) is 1. The number of hydrogen-bond acceptors (Lipinski definition) is 3. The first-order valence-electron chi connectivity index (χ1n) is 7.76. The van der Waals surface area contributed by atoms with Crippen molar-refractivity contribution in [3.63, 3.8) is 0 Å². The molecule has 2 heterocycles. The Bertz CT molecular complexity index is 239. The summed E-state index contributed by atoms with van der Waals surface area (Å²) in [5, 5.41) is 3.70. The van der Waals surface area contributed by atoms with Gasteiger partial charge in [0, 0.05) is 31.8 Å². The highest BCUT2D eigenvalue weighted by molar-refractivity contribution is 4.84. The van der Waals surface area contributed by atoms with Crippen molar-refractivity contribution in [3.05, 3.63) is 0 Å². The van der Waals surface area contributed by atoms with E-state index in [1.807, 2.05) is 0 Å². The van der Waals surface area contributed by atoms with Gasteiger partial charge in [-0.3, -0.25) is 4.90 Å². The van der Waals surface area contributed by atoms with E-state index in [2.05, 4.69) is 31.0 Å². The maximum atomic E-state index is 5.90. The zero-order chi connectivity index (χ0) is 13.0. The second kappa shape index (κ2) is 6.88. The van der Waals surface area contributed by atoms with Crippen molar-refractivity contribution in [1.82, 2.24) is 10.2 Å². The largest absolute Gasteiger partial charge is 0.377 e. The Morgan fingerprint density at radius 2 is 2.11 bits per heavy atom. The minimum Gasteiger partial charge on any atom is -0.377 e. The average molecular weight is 254 g/mol. The van der Waals surface area contributed by atoms with Gasteiger partial charge in [0.15, 0.2) is 0 Å². The van der Waals surface area contributed by atoms with Gasteiger partial charge in [-0.05, 0) is 45.1 Å². The summed E-state index contributed by atoms with van der Waals surface area (Å²) < 4.78 is 5.90. The van der Waals surface area contributed by atoms with Crippen molar-refractivity contribution in [2.45, 2.75) is 64.6 Å². The van der Waals surface area contributed by atoms with Crippen LogP contribution in [0.3, 0.4) is 0 Å². The van der Waals surface area contributed by atoms with Crippen molar-refractivity contribution in [3.8, 4) is 0 Å². The molecular weight excluding hydrogens is 224 g/mol. The van der Waals surface area contributed by atoms with Gasteiger partial charge in [0.1, 0.15) is 0 Å². The fraction of sp³-hybridized carbons (Fsp3) is 1.00. The lowest BCUT2D eigenvalue weighted by molar-refractivity contribution is -0.0133. The maximum Gasteiger partial charge on any atom is 0.0702 e. The summed E-state index contributed by atoms with van der Waals surface area (Å²) in [5.41, 5.74) is 0. The zero-order valence-electron chi connectivity index (χ0n) is 12.3. The highest BCUT2D eigenvalue weighted by Crippen LogP contribution is 2.18. The van der Waals surface area contributed by atoms with Crippen molar-refractivity contribution < 1.29 is 4.74 Å². The Hall–Kier alpha value is -0.120. The molecule has 0 aliphatic carbocycles. The lowest BCUT2D eigenvalue weighted by Gasteiger charge is -2.34. The number of ether oxygens (including phenoxy) is 1. The highest BCUT2D eigenvalue weighted by atomic mass is 16.5. The third-order valence-electron chi connectivity index (χ3n) is 4.54. The molecular formula is C15H30N2O. The number of nitrogens with one attached hydrogen (secondary N) is 1. The topological polar surface area (TPSA) is 24.5 Å². The quantitative estimate of drug-likeness (QED) is 0.836. The normalized spacial score (nSPS) is 35.7. The van der Waals surface area contributed by atoms with Gasteiger partial charge in [-0.15, -0.1) is 0 Å². The van der Waals surface area contributed by atoms with E-state index in [0.717, 1.165) is 19.7 Å². The van der Waals surface area contributed by atoms with Crippen LogP contribution in [-0.4, -0.2) is 49.3 Å². The van der Waals surface area contributed by atoms with Crippen molar-refractivity contribution >= 4 is 0 Å². The molecule has 2 fully saturated rings. The summed E-state index contributed by atoms with van der Waals surface area (Å²) in [6.45, 7) is 11.5. The van der Waals surface area contributed by atoms with Gasteiger partial charge in [-0.1, -0.05) is 13.8 Å². The molecule has 18 heavy (non-hydrogen) atoms. The van der Waals surface area contributed by atoms with Gasteiger partial charge in [-0.25, -0.2) is 0 Å². The first kappa shape index (κ1) is 14.3. The van der Waals surface area contributed by atoms with Crippen molar-refractivity contribution in [1.29, 1.82) is 0 Å². The predicted molar refractivity (Wildman–Crippen MR) is 75.9 cm³/mol. The molecule has 2 rings (SSSR count). The van der Waals surface area contributed by atoms with E-state index in [-0.39, 0.29) is 0 Å². The lowest BCUT2D eigenvalue weighted by atomic mass is 10.0. The van der Waals surface area contributed by atoms with Crippen molar-refractivity contribution in [2.75, 3.05) is 26.2 Å². The smallest absolute Gasteiger partial charge is 0.0702 e. The molecule has 106 valence electrons. The molecule has 0 aromatic rings. The van der Waals surface area contributed by atoms with Crippen LogP contribution in [0.15, 0.2) is 0 Å². The molecule has 1 N–H and O–H groups in total. The van der Waals surface area contributed by atoms with Crippen molar-refractivity contribution in [2.24, 2.45) is 5.92 Å². The van der Waals surface area contributed by atoms with E-state index in [4.69, 9.17) is 4.74 Å². The van der Waals surface area contributed by atoms with Crippen LogP contribution in [0, 0.1) is 5.92 Å². The van der Waals surface area contributed by atoms with Crippen LogP contribution in [-0.2, 0) is 4.74 Å². The Morgan fingerprint density at radius 3 is 2.78 bits per heavy atom. The molecule has 2 aliphatic rings. The standard InChI is InChI=1S/C15H30N2O/c1-12(2)15-11-17(13(3)7-8-16-15)10-14-6-4-5-9-18-14/h12-16H,4-11H2,1-3H3. The van der Waals surface area contributed by atoms with Gasteiger partial charge < -0.3 is 10.1 Å². The van der Waals surface area contributed by atoms with Crippen LogP contribution in [0.5, 0.6) is 0 Å². The summed E-state index contributed by atoms with van der Waals surface area (Å²) in [5.74, 6) is 0.713. The van der Waals surface area contributed by atoms with Crippen LogP contribution in [0.2, 0.25) is 0 Å². The van der Waals surface area contributed by atoms with Crippen LogP contribution >= 0.6 is 0 Å². The SMILES string of the molecule is CC(C)C1CN(CC2CCCCO2)C(C)CCN1. The summed E-state index contributed by atoms with van der Waals surface area (Å²) in [4.78, 5) is 2.65. The van der Waals surface area contributed by atoms with E-state index < -0.39 is 0 Å². The fourth-order valence-corrected chi connectivity index (χ4v) is 3.07. The third kappa shape index (κ3) is 3.94. The van der Waals surface area contributed by atoms with Crippen LogP contribution in [0.25, 0.3) is 0 Å². The summed E-state index contributed by atoms with van der Waals surface area (Å²) >= 11 is 0. The molecule has 2 aliphatic heterocycles. The van der Waals surface area contributed by atoms with E-state index in [1.165, 1.54) is 32.2 Å². The van der Waals surface area contributed by atoms with Crippen LogP contribution < -0.4 is 5.32 Å². The first-order chi connectivity index (χ1) is 8.66. The molecule has 0 amide bonds. The number of rotatable bonds is 3. The summed E-state index contributed by atoms with van der Waals surface area (Å²) in [7, 11) is 0. The monoisotopic (exact) mass is 254 g/mol. The highest BCUT2D eigenvalue weighted by Gasteiger charge is 2.27. The van der Waals surface area contributed by atoms with E-state index in [1.54, 1.807) is 0 Å². The first-order valence-corrected chi connectivity index (χ1v) is 7.76. The molecule has 0 saturated carbocycles. The van der Waals surface area contributed by atoms with Crippen LogP contribution in [0.1, 0.15) is 46.5 Å². The molecule has 3 nitrogen and oxygen atoms in total. The molecule has 0 aromatic heterocycles. The molecule has 0 aromatic carbocycles. The second-order valence-corrected chi connectivity index (χ2v) is 6.38. The molecule has 3 heteroatoms. The number of nitrogens with zero attached hydrogens (tertiary/aromatic N) is 1. The minimum absolute atomic E-state index is 0.479. The summed E-state index contributed by atoms with van der Waals surface area (Å²) in [6.07, 6.45) is 5.59. The van der Waals surface area contributed by atoms with Gasteiger partial charge in [-0.2, -0.15) is 0 Å². The van der Waals surface area contributed by atoms with Gasteiger partial charge in [0.05, 0.1) is 6.10 Å². The minimum atomic E-state index is 0.479. The van der Waals surface area contributed by atoms with E-state index in [0.29, 0.717) is 24.1 Å². The fourth-order valence-electron chi connectivity index (χ4n) is 3.07. The Balaban J connectivity index is 1.89.